The van der Waals surface area contributed by atoms with E-state index < -0.39 is 0 Å². The molecule has 12 heavy (non-hydrogen) atoms. The zero-order valence-corrected chi connectivity index (χ0v) is 9.09. The molecule has 0 radical (unpaired) electrons. The lowest BCUT2D eigenvalue weighted by Crippen LogP contribution is -2.49. The van der Waals surface area contributed by atoms with Gasteiger partial charge in [-0.15, -0.1) is 0 Å². The molecule has 0 N–H and O–H groups in total. The molecule has 2 saturated heterocycles. The van der Waals surface area contributed by atoms with Crippen LogP contribution in [0.15, 0.2) is 0 Å². The summed E-state index contributed by atoms with van der Waals surface area (Å²) >= 11 is 7.21. The van der Waals surface area contributed by atoms with Gasteiger partial charge in [-0.3, -0.25) is 0 Å². The molecule has 3 heteroatoms. The Morgan fingerprint density at radius 2 is 2.33 bits per heavy atom. The van der Waals surface area contributed by atoms with Gasteiger partial charge in [0.25, 0.3) is 0 Å². The van der Waals surface area contributed by atoms with E-state index in [0.29, 0.717) is 0 Å². The van der Waals surface area contributed by atoms with Crippen molar-refractivity contribution in [1.29, 1.82) is 0 Å². The Morgan fingerprint density at radius 3 is 3.08 bits per heavy atom. The highest BCUT2D eigenvalue weighted by Gasteiger charge is 2.32. The molecule has 2 fully saturated rings. The third-order valence-corrected chi connectivity index (χ3v) is 4.67. The SMILES string of the molecule is CC1CSC(=S)N2CCCCC12. The van der Waals surface area contributed by atoms with Gasteiger partial charge in [0.15, 0.2) is 0 Å². The molecule has 0 aromatic rings. The molecular formula is C9H15NS2. The number of hydrogen-bond donors (Lipinski definition) is 0. The molecule has 0 bridgehead atoms. The maximum atomic E-state index is 5.35. The minimum Gasteiger partial charge on any atom is -0.354 e. The molecule has 0 spiro atoms. The van der Waals surface area contributed by atoms with E-state index in [1.807, 2.05) is 11.8 Å². The second kappa shape index (κ2) is 3.54. The highest BCUT2D eigenvalue weighted by molar-refractivity contribution is 8.23. The molecule has 68 valence electrons. The van der Waals surface area contributed by atoms with Gasteiger partial charge in [0.1, 0.15) is 4.32 Å². The second-order valence-electron chi connectivity index (χ2n) is 3.81. The Balaban J connectivity index is 2.11. The molecule has 2 heterocycles. The van der Waals surface area contributed by atoms with Crippen molar-refractivity contribution in [1.82, 2.24) is 4.90 Å². The zero-order valence-electron chi connectivity index (χ0n) is 7.45. The van der Waals surface area contributed by atoms with Crippen LogP contribution in [0.3, 0.4) is 0 Å². The molecule has 0 aliphatic carbocycles. The largest absolute Gasteiger partial charge is 0.354 e. The van der Waals surface area contributed by atoms with Crippen molar-refractivity contribution >= 4 is 28.3 Å². The lowest BCUT2D eigenvalue weighted by Gasteiger charge is -2.44. The molecule has 2 aliphatic rings. The van der Waals surface area contributed by atoms with E-state index >= 15 is 0 Å². The number of nitrogens with zero attached hydrogens (tertiary/aromatic N) is 1. The van der Waals surface area contributed by atoms with E-state index in [1.54, 1.807) is 0 Å². The number of thioether (sulfide) groups is 1. The molecule has 2 aliphatic heterocycles. The van der Waals surface area contributed by atoms with Gasteiger partial charge >= 0.3 is 0 Å². The van der Waals surface area contributed by atoms with Crippen LogP contribution in [0.25, 0.3) is 0 Å². The molecule has 2 unspecified atom stereocenters. The van der Waals surface area contributed by atoms with Crippen LogP contribution in [0.1, 0.15) is 26.2 Å². The fraction of sp³-hybridized carbons (Fsp3) is 0.889. The van der Waals surface area contributed by atoms with Gasteiger partial charge in [0.05, 0.1) is 0 Å². The molecule has 0 saturated carbocycles. The number of thiocarbonyl (C=S) groups is 1. The third kappa shape index (κ3) is 1.49. The predicted molar refractivity (Wildman–Crippen MR) is 58.6 cm³/mol. The van der Waals surface area contributed by atoms with E-state index in [-0.39, 0.29) is 0 Å². The summed E-state index contributed by atoms with van der Waals surface area (Å²) in [5.74, 6) is 2.07. The van der Waals surface area contributed by atoms with Crippen molar-refractivity contribution in [3.05, 3.63) is 0 Å². The van der Waals surface area contributed by atoms with Crippen molar-refractivity contribution in [2.24, 2.45) is 5.92 Å². The minimum atomic E-state index is 0.771. The quantitative estimate of drug-likeness (QED) is 0.554. The van der Waals surface area contributed by atoms with Crippen LogP contribution in [0.5, 0.6) is 0 Å². The van der Waals surface area contributed by atoms with Crippen LogP contribution in [0.2, 0.25) is 0 Å². The van der Waals surface area contributed by atoms with E-state index in [9.17, 15) is 0 Å². The van der Waals surface area contributed by atoms with Crippen LogP contribution in [-0.2, 0) is 0 Å². The molecule has 2 atom stereocenters. The third-order valence-electron chi connectivity index (χ3n) is 2.91. The van der Waals surface area contributed by atoms with E-state index in [1.165, 1.54) is 31.6 Å². The maximum Gasteiger partial charge on any atom is 0.136 e. The lowest BCUT2D eigenvalue weighted by atomic mass is 9.93. The predicted octanol–water partition coefficient (Wildman–Crippen LogP) is 2.51. The smallest absolute Gasteiger partial charge is 0.136 e. The number of fused-ring (bicyclic) bond motifs is 1. The Hall–Kier alpha value is 0.240. The Bertz CT molecular complexity index is 193. The molecule has 2 rings (SSSR count). The van der Waals surface area contributed by atoms with Crippen LogP contribution in [-0.4, -0.2) is 27.6 Å². The summed E-state index contributed by atoms with van der Waals surface area (Å²) in [7, 11) is 0. The van der Waals surface area contributed by atoms with Crippen molar-refractivity contribution in [2.75, 3.05) is 12.3 Å². The average molecular weight is 201 g/mol. The Morgan fingerprint density at radius 1 is 1.50 bits per heavy atom. The first-order valence-electron chi connectivity index (χ1n) is 4.72. The molecule has 0 amide bonds. The summed E-state index contributed by atoms with van der Waals surface area (Å²) in [6, 6.07) is 0.771. The topological polar surface area (TPSA) is 3.24 Å². The highest BCUT2D eigenvalue weighted by Crippen LogP contribution is 2.33. The summed E-state index contributed by atoms with van der Waals surface area (Å²) in [6.07, 6.45) is 4.10. The van der Waals surface area contributed by atoms with Gasteiger partial charge in [-0.25, -0.2) is 0 Å². The fourth-order valence-electron chi connectivity index (χ4n) is 2.17. The molecule has 1 nitrogen and oxygen atoms in total. The van der Waals surface area contributed by atoms with Crippen LogP contribution in [0, 0.1) is 5.92 Å². The summed E-state index contributed by atoms with van der Waals surface area (Å²) in [4.78, 5) is 2.46. The van der Waals surface area contributed by atoms with Crippen LogP contribution < -0.4 is 0 Å². The van der Waals surface area contributed by atoms with Gasteiger partial charge in [0.2, 0.25) is 0 Å². The van der Waals surface area contributed by atoms with E-state index in [0.717, 1.165) is 16.3 Å². The van der Waals surface area contributed by atoms with Crippen molar-refractivity contribution in [3.8, 4) is 0 Å². The van der Waals surface area contributed by atoms with Crippen molar-refractivity contribution in [3.63, 3.8) is 0 Å². The Labute approximate surface area is 83.9 Å². The molecule has 0 aromatic heterocycles. The second-order valence-corrected chi connectivity index (χ2v) is 5.46. The maximum absolute atomic E-state index is 5.35. The number of rotatable bonds is 0. The first-order valence-corrected chi connectivity index (χ1v) is 6.12. The fourth-order valence-corrected chi connectivity index (χ4v) is 3.62. The van der Waals surface area contributed by atoms with E-state index in [4.69, 9.17) is 12.2 Å². The zero-order chi connectivity index (χ0) is 8.55. The summed E-state index contributed by atoms with van der Waals surface area (Å²) < 4.78 is 1.15. The highest BCUT2D eigenvalue weighted by atomic mass is 32.2. The van der Waals surface area contributed by atoms with Gasteiger partial charge < -0.3 is 4.90 Å². The average Bonchev–Trinajstić information content (AvgIpc) is 2.12. The monoisotopic (exact) mass is 201 g/mol. The van der Waals surface area contributed by atoms with Gasteiger partial charge in [0, 0.05) is 18.3 Å². The Kier molecular flexibility index (Phi) is 2.60. The molecular weight excluding hydrogens is 186 g/mol. The first-order chi connectivity index (χ1) is 5.79. The number of piperidine rings is 1. The first kappa shape index (κ1) is 8.82. The van der Waals surface area contributed by atoms with Gasteiger partial charge in [-0.1, -0.05) is 30.9 Å². The summed E-state index contributed by atoms with van der Waals surface area (Å²) in [6.45, 7) is 3.57. The van der Waals surface area contributed by atoms with Crippen LogP contribution in [0.4, 0.5) is 0 Å². The van der Waals surface area contributed by atoms with Gasteiger partial charge in [-0.2, -0.15) is 0 Å². The molecule has 0 aromatic carbocycles. The number of hydrogen-bond acceptors (Lipinski definition) is 2. The van der Waals surface area contributed by atoms with Gasteiger partial charge in [-0.05, 0) is 25.2 Å². The summed E-state index contributed by atoms with van der Waals surface area (Å²) in [5.41, 5.74) is 0. The van der Waals surface area contributed by atoms with Crippen LogP contribution >= 0.6 is 24.0 Å². The summed E-state index contributed by atoms with van der Waals surface area (Å²) in [5, 5.41) is 0. The standard InChI is InChI=1S/C9H15NS2/c1-7-6-12-9(11)10-5-3-2-4-8(7)10/h7-8H,2-6H2,1H3. The lowest BCUT2D eigenvalue weighted by molar-refractivity contribution is 0.196. The normalized spacial score (nSPS) is 36.4. The van der Waals surface area contributed by atoms with Crippen molar-refractivity contribution < 1.29 is 0 Å². The van der Waals surface area contributed by atoms with E-state index in [2.05, 4.69) is 11.8 Å². The minimum absolute atomic E-state index is 0.771. The van der Waals surface area contributed by atoms with Crippen molar-refractivity contribution in [2.45, 2.75) is 32.2 Å².